The lowest BCUT2D eigenvalue weighted by atomic mass is 10.2. The molecule has 1 aromatic heterocycles. The van der Waals surface area contributed by atoms with Crippen molar-refractivity contribution in [1.29, 1.82) is 0 Å². The largest absolute Gasteiger partial charge is 0.430 e. The van der Waals surface area contributed by atoms with Crippen LogP contribution in [-0.2, 0) is 0 Å². The summed E-state index contributed by atoms with van der Waals surface area (Å²) >= 11 is 0. The zero-order valence-electron chi connectivity index (χ0n) is 11.4. The third kappa shape index (κ3) is 3.54. The molecule has 0 saturated heterocycles. The van der Waals surface area contributed by atoms with Gasteiger partial charge in [0.25, 0.3) is 0 Å². The van der Waals surface area contributed by atoms with Crippen LogP contribution in [0.25, 0.3) is 17.3 Å². The summed E-state index contributed by atoms with van der Waals surface area (Å²) in [7, 11) is 0. The van der Waals surface area contributed by atoms with Gasteiger partial charge in [-0.15, -0.1) is 0 Å². The van der Waals surface area contributed by atoms with Gasteiger partial charge in [0.05, 0.1) is 0 Å². The third-order valence-corrected chi connectivity index (χ3v) is 2.92. The first kappa shape index (κ1) is 13.1. The van der Waals surface area contributed by atoms with Gasteiger partial charge in [-0.1, -0.05) is 66.7 Å². The number of aromatic nitrogens is 1. The first-order valence-corrected chi connectivity index (χ1v) is 6.68. The Morgan fingerprint density at radius 1 is 0.905 bits per heavy atom. The maximum atomic E-state index is 5.33. The smallest absolute Gasteiger partial charge is 0.322 e. The van der Waals surface area contributed by atoms with E-state index in [1.807, 2.05) is 72.8 Å². The highest BCUT2D eigenvalue weighted by Crippen LogP contribution is 2.21. The van der Waals surface area contributed by atoms with Crippen molar-refractivity contribution in [3.63, 3.8) is 0 Å². The van der Waals surface area contributed by atoms with Crippen LogP contribution >= 0.6 is 0 Å². The highest BCUT2D eigenvalue weighted by Gasteiger charge is 2.03. The number of oxazole rings is 1. The molecule has 0 aliphatic carbocycles. The van der Waals surface area contributed by atoms with Crippen LogP contribution in [0.3, 0.4) is 0 Å². The van der Waals surface area contributed by atoms with Crippen LogP contribution in [0.1, 0.15) is 5.56 Å². The lowest BCUT2D eigenvalue weighted by Gasteiger charge is -1.91. The van der Waals surface area contributed by atoms with Gasteiger partial charge in [0.15, 0.2) is 0 Å². The van der Waals surface area contributed by atoms with Gasteiger partial charge >= 0.3 is 6.01 Å². The van der Waals surface area contributed by atoms with E-state index in [9.17, 15) is 0 Å². The molecule has 3 aromatic rings. The summed E-state index contributed by atoms with van der Waals surface area (Å²) in [6.07, 6.45) is 7.13. The molecule has 21 heavy (non-hydrogen) atoms. The van der Waals surface area contributed by atoms with E-state index in [0.717, 1.165) is 16.8 Å². The van der Waals surface area contributed by atoms with E-state index < -0.39 is 0 Å². The standard InChI is InChI=1S/C18H14N2O/c1-3-8-15(9-4-1)10-7-13-19-18-20-17(14-21-18)16-11-5-2-6-12-16/h1-14H/b10-7+,19-13+. The monoisotopic (exact) mass is 274 g/mol. The predicted octanol–water partition coefficient (Wildman–Crippen LogP) is 4.76. The van der Waals surface area contributed by atoms with E-state index in [4.69, 9.17) is 4.42 Å². The molecule has 0 N–H and O–H groups in total. The summed E-state index contributed by atoms with van der Waals surface area (Å²) in [5, 5.41) is 0. The maximum absolute atomic E-state index is 5.33. The quantitative estimate of drug-likeness (QED) is 0.643. The van der Waals surface area contributed by atoms with Crippen LogP contribution in [0.2, 0.25) is 0 Å². The summed E-state index contributed by atoms with van der Waals surface area (Å²) in [6, 6.07) is 20.3. The van der Waals surface area contributed by atoms with Crippen LogP contribution in [0, 0.1) is 0 Å². The van der Waals surface area contributed by atoms with E-state index in [-0.39, 0.29) is 0 Å². The average Bonchev–Trinajstić information content (AvgIpc) is 3.02. The fourth-order valence-electron chi connectivity index (χ4n) is 1.89. The average molecular weight is 274 g/mol. The van der Waals surface area contributed by atoms with Gasteiger partial charge in [-0.2, -0.15) is 4.98 Å². The van der Waals surface area contributed by atoms with Crippen molar-refractivity contribution in [2.75, 3.05) is 0 Å². The minimum Gasteiger partial charge on any atom is -0.430 e. The Morgan fingerprint density at radius 2 is 1.62 bits per heavy atom. The minimum absolute atomic E-state index is 0.353. The van der Waals surface area contributed by atoms with Crippen LogP contribution in [0.15, 0.2) is 82.4 Å². The Labute approximate surface area is 123 Å². The lowest BCUT2D eigenvalue weighted by Crippen LogP contribution is -1.75. The molecule has 0 atom stereocenters. The molecule has 0 radical (unpaired) electrons. The second-order valence-corrected chi connectivity index (χ2v) is 4.43. The van der Waals surface area contributed by atoms with Crippen molar-refractivity contribution in [2.24, 2.45) is 4.99 Å². The molecule has 0 spiro atoms. The van der Waals surface area contributed by atoms with Crippen LogP contribution in [0.5, 0.6) is 0 Å². The van der Waals surface area contributed by atoms with Gasteiger partial charge in [0.1, 0.15) is 12.0 Å². The van der Waals surface area contributed by atoms with Gasteiger partial charge in [-0.05, 0) is 11.6 Å². The van der Waals surface area contributed by atoms with Crippen molar-refractivity contribution in [3.8, 4) is 11.3 Å². The second kappa shape index (κ2) is 6.48. The van der Waals surface area contributed by atoms with Crippen LogP contribution in [-0.4, -0.2) is 11.2 Å². The summed E-state index contributed by atoms with van der Waals surface area (Å²) in [4.78, 5) is 8.50. The highest BCUT2D eigenvalue weighted by atomic mass is 16.4. The van der Waals surface area contributed by atoms with Gasteiger partial charge in [0, 0.05) is 11.8 Å². The first-order chi connectivity index (χ1) is 10.4. The van der Waals surface area contributed by atoms with Crippen molar-refractivity contribution >= 4 is 18.3 Å². The fourth-order valence-corrected chi connectivity index (χ4v) is 1.89. The van der Waals surface area contributed by atoms with E-state index >= 15 is 0 Å². The van der Waals surface area contributed by atoms with E-state index in [2.05, 4.69) is 9.98 Å². The van der Waals surface area contributed by atoms with Crippen molar-refractivity contribution in [1.82, 2.24) is 4.98 Å². The molecular formula is C18H14N2O. The molecule has 0 aliphatic rings. The summed E-state index contributed by atoms with van der Waals surface area (Å²) < 4.78 is 5.33. The van der Waals surface area contributed by atoms with Gasteiger partial charge in [-0.3, -0.25) is 0 Å². The molecule has 3 nitrogen and oxygen atoms in total. The Morgan fingerprint density at radius 3 is 2.38 bits per heavy atom. The van der Waals surface area contributed by atoms with E-state index in [1.165, 1.54) is 0 Å². The van der Waals surface area contributed by atoms with E-state index in [1.54, 1.807) is 12.5 Å². The fraction of sp³-hybridized carbons (Fsp3) is 0. The van der Waals surface area contributed by atoms with Crippen LogP contribution in [0.4, 0.5) is 6.01 Å². The third-order valence-electron chi connectivity index (χ3n) is 2.92. The Hall–Kier alpha value is -2.94. The molecule has 0 unspecified atom stereocenters. The van der Waals surface area contributed by atoms with Gasteiger partial charge < -0.3 is 4.42 Å². The summed E-state index contributed by atoms with van der Waals surface area (Å²) in [5.74, 6) is 0. The van der Waals surface area contributed by atoms with E-state index in [0.29, 0.717) is 6.01 Å². The second-order valence-electron chi connectivity index (χ2n) is 4.43. The van der Waals surface area contributed by atoms with Crippen molar-refractivity contribution in [2.45, 2.75) is 0 Å². The number of rotatable bonds is 4. The molecule has 0 saturated carbocycles. The molecule has 0 bridgehead atoms. The molecule has 1 heterocycles. The number of allylic oxidation sites excluding steroid dienone is 1. The molecular weight excluding hydrogens is 260 g/mol. The van der Waals surface area contributed by atoms with Crippen molar-refractivity contribution < 1.29 is 4.42 Å². The first-order valence-electron chi connectivity index (χ1n) is 6.68. The molecule has 102 valence electrons. The number of benzene rings is 2. The predicted molar refractivity (Wildman–Crippen MR) is 85.6 cm³/mol. The molecule has 0 amide bonds. The highest BCUT2D eigenvalue weighted by molar-refractivity contribution is 5.79. The topological polar surface area (TPSA) is 38.4 Å². The molecule has 3 rings (SSSR count). The van der Waals surface area contributed by atoms with Gasteiger partial charge in [-0.25, -0.2) is 4.99 Å². The zero-order chi connectivity index (χ0) is 14.3. The number of hydrogen-bond acceptors (Lipinski definition) is 3. The number of hydrogen-bond donors (Lipinski definition) is 0. The molecule has 3 heteroatoms. The van der Waals surface area contributed by atoms with Crippen molar-refractivity contribution in [3.05, 3.63) is 78.6 Å². The normalized spacial score (nSPS) is 11.4. The van der Waals surface area contributed by atoms with Gasteiger partial charge in [0.2, 0.25) is 0 Å². The summed E-state index contributed by atoms with van der Waals surface area (Å²) in [6.45, 7) is 0. The molecule has 0 fully saturated rings. The minimum atomic E-state index is 0.353. The van der Waals surface area contributed by atoms with Crippen LogP contribution < -0.4 is 0 Å². The lowest BCUT2D eigenvalue weighted by molar-refractivity contribution is 0.570. The summed E-state index contributed by atoms with van der Waals surface area (Å²) in [5.41, 5.74) is 2.93. The molecule has 2 aromatic carbocycles. The Kier molecular flexibility index (Phi) is 4.03. The maximum Gasteiger partial charge on any atom is 0.322 e. The molecule has 0 aliphatic heterocycles. The Bertz CT molecular complexity index is 743. The zero-order valence-corrected chi connectivity index (χ0v) is 11.4. The number of aliphatic imine (C=N–C) groups is 1. The Balaban J connectivity index is 1.67. The number of nitrogens with zero attached hydrogens (tertiary/aromatic N) is 2. The SMILES string of the molecule is C(=C\c1ccccc1)/C=N/c1nc(-c2ccccc2)co1.